The van der Waals surface area contributed by atoms with Gasteiger partial charge in [0.1, 0.15) is 11.9 Å². The summed E-state index contributed by atoms with van der Waals surface area (Å²) in [4.78, 5) is 10.3. The smallest absolute Gasteiger partial charge is 0.320 e. The number of nitrogens with one attached hydrogen (secondary N) is 2. The van der Waals surface area contributed by atoms with Gasteiger partial charge in [0.15, 0.2) is 0 Å². The number of aliphatic carboxylic acids is 1. The Labute approximate surface area is 87.7 Å². The summed E-state index contributed by atoms with van der Waals surface area (Å²) in [6, 6.07) is -0.952. The Morgan fingerprint density at radius 2 is 2.33 bits per heavy atom. The zero-order valence-corrected chi connectivity index (χ0v) is 8.59. The molecule has 0 aromatic carbocycles. The normalized spacial score (nSPS) is 13.4. The van der Waals surface area contributed by atoms with Crippen molar-refractivity contribution >= 4 is 11.8 Å². The Morgan fingerprint density at radius 1 is 1.73 bits per heavy atom. The van der Waals surface area contributed by atoms with Gasteiger partial charge in [-0.3, -0.25) is 10.2 Å². The van der Waals surface area contributed by atoms with Gasteiger partial charge in [0.25, 0.3) is 0 Å². The molecule has 1 atom stereocenters. The van der Waals surface area contributed by atoms with E-state index in [2.05, 4.69) is 5.32 Å². The lowest BCUT2D eigenvalue weighted by Crippen LogP contribution is -2.29. The third kappa shape index (κ3) is 7.63. The minimum absolute atomic E-state index is 0.0440. The van der Waals surface area contributed by atoms with Gasteiger partial charge < -0.3 is 16.2 Å². The van der Waals surface area contributed by atoms with Gasteiger partial charge in [-0.25, -0.2) is 4.39 Å². The minimum Gasteiger partial charge on any atom is -0.480 e. The standard InChI is InChI=1S/C9H16FN3O2/c1-6(11)13-5-7(10)3-2-4-8(12)9(14)15/h3,8H,2,4-5,12H2,1H3,(H2,11,13)(H,14,15)/b7-3-/t8-/m0/s1. The molecule has 0 amide bonds. The second-order valence-corrected chi connectivity index (χ2v) is 3.15. The van der Waals surface area contributed by atoms with E-state index < -0.39 is 17.8 Å². The van der Waals surface area contributed by atoms with Crippen molar-refractivity contribution in [3.05, 3.63) is 11.9 Å². The number of nitrogens with two attached hydrogens (primary N) is 1. The molecule has 15 heavy (non-hydrogen) atoms. The van der Waals surface area contributed by atoms with Crippen molar-refractivity contribution in [2.75, 3.05) is 6.54 Å². The maximum atomic E-state index is 12.9. The van der Waals surface area contributed by atoms with Crippen LogP contribution in [0.25, 0.3) is 0 Å². The molecule has 0 fully saturated rings. The Bertz CT molecular complexity index is 266. The number of carboxylic acid groups (broad SMARTS) is 1. The van der Waals surface area contributed by atoms with E-state index in [9.17, 15) is 9.18 Å². The Balaban J connectivity index is 3.76. The van der Waals surface area contributed by atoms with Gasteiger partial charge in [-0.1, -0.05) is 6.08 Å². The van der Waals surface area contributed by atoms with Crippen LogP contribution in [0, 0.1) is 5.41 Å². The fourth-order valence-corrected chi connectivity index (χ4v) is 0.832. The molecule has 86 valence electrons. The molecule has 0 aliphatic heterocycles. The summed E-state index contributed by atoms with van der Waals surface area (Å²) < 4.78 is 12.9. The first kappa shape index (κ1) is 13.6. The molecule has 0 bridgehead atoms. The molecule has 0 radical (unpaired) electrons. The second-order valence-electron chi connectivity index (χ2n) is 3.15. The monoisotopic (exact) mass is 217 g/mol. The van der Waals surface area contributed by atoms with E-state index in [1.165, 1.54) is 13.0 Å². The van der Waals surface area contributed by atoms with Gasteiger partial charge >= 0.3 is 5.97 Å². The van der Waals surface area contributed by atoms with Crippen LogP contribution in [-0.2, 0) is 4.79 Å². The zero-order chi connectivity index (χ0) is 11.8. The van der Waals surface area contributed by atoms with Crippen LogP contribution in [0.1, 0.15) is 19.8 Å². The first-order valence-electron chi connectivity index (χ1n) is 4.55. The minimum atomic E-state index is -1.09. The molecule has 0 saturated carbocycles. The van der Waals surface area contributed by atoms with Crippen LogP contribution < -0.4 is 11.1 Å². The predicted molar refractivity (Wildman–Crippen MR) is 55.4 cm³/mol. The number of carboxylic acids is 1. The Hall–Kier alpha value is -1.43. The molecule has 0 saturated heterocycles. The molecule has 0 unspecified atom stereocenters. The number of hydrogen-bond acceptors (Lipinski definition) is 3. The van der Waals surface area contributed by atoms with Gasteiger partial charge in [-0.2, -0.15) is 0 Å². The van der Waals surface area contributed by atoms with Crippen LogP contribution in [0.2, 0.25) is 0 Å². The zero-order valence-electron chi connectivity index (χ0n) is 8.59. The summed E-state index contributed by atoms with van der Waals surface area (Å²) >= 11 is 0. The maximum Gasteiger partial charge on any atom is 0.320 e. The number of amidine groups is 1. The summed E-state index contributed by atoms with van der Waals surface area (Å²) in [5.41, 5.74) is 5.22. The van der Waals surface area contributed by atoms with Crippen molar-refractivity contribution in [1.29, 1.82) is 5.41 Å². The van der Waals surface area contributed by atoms with E-state index in [1.54, 1.807) is 0 Å². The third-order valence-corrected chi connectivity index (χ3v) is 1.68. The predicted octanol–water partition coefficient (Wildman–Crippen LogP) is 0.619. The fourth-order valence-electron chi connectivity index (χ4n) is 0.832. The lowest BCUT2D eigenvalue weighted by atomic mass is 10.1. The van der Waals surface area contributed by atoms with Crippen molar-refractivity contribution in [2.45, 2.75) is 25.8 Å². The van der Waals surface area contributed by atoms with Crippen molar-refractivity contribution in [1.82, 2.24) is 5.32 Å². The lowest BCUT2D eigenvalue weighted by molar-refractivity contribution is -0.138. The summed E-state index contributed by atoms with van der Waals surface area (Å²) in [5, 5.41) is 17.9. The summed E-state index contributed by atoms with van der Waals surface area (Å²) in [6.07, 6.45) is 1.75. The number of hydrogen-bond donors (Lipinski definition) is 4. The van der Waals surface area contributed by atoms with E-state index in [0.717, 1.165) is 0 Å². The lowest BCUT2D eigenvalue weighted by Gasteiger charge is -2.04. The van der Waals surface area contributed by atoms with Gasteiger partial charge in [0.05, 0.1) is 12.4 Å². The van der Waals surface area contributed by atoms with Crippen molar-refractivity contribution in [2.24, 2.45) is 5.73 Å². The molecule has 6 heteroatoms. The first-order chi connectivity index (χ1) is 6.93. The Morgan fingerprint density at radius 3 is 2.80 bits per heavy atom. The van der Waals surface area contributed by atoms with E-state index in [-0.39, 0.29) is 25.2 Å². The highest BCUT2D eigenvalue weighted by Gasteiger charge is 2.09. The fraction of sp³-hybridized carbons (Fsp3) is 0.556. The highest BCUT2D eigenvalue weighted by Crippen LogP contribution is 2.01. The quantitative estimate of drug-likeness (QED) is 0.387. The number of carbonyl (C=O) groups is 1. The molecule has 0 rings (SSSR count). The van der Waals surface area contributed by atoms with E-state index in [4.69, 9.17) is 16.2 Å². The molecule has 0 aromatic heterocycles. The molecular weight excluding hydrogens is 201 g/mol. The highest BCUT2D eigenvalue weighted by atomic mass is 19.1. The molecule has 5 nitrogen and oxygen atoms in total. The summed E-state index contributed by atoms with van der Waals surface area (Å²) in [7, 11) is 0. The largest absolute Gasteiger partial charge is 0.480 e. The molecule has 0 aliphatic rings. The highest BCUT2D eigenvalue weighted by molar-refractivity contribution is 5.76. The number of rotatable bonds is 6. The first-order valence-corrected chi connectivity index (χ1v) is 4.55. The topological polar surface area (TPSA) is 99.2 Å². The van der Waals surface area contributed by atoms with Crippen LogP contribution in [0.15, 0.2) is 11.9 Å². The van der Waals surface area contributed by atoms with Crippen LogP contribution in [-0.4, -0.2) is 29.5 Å². The Kier molecular flexibility index (Phi) is 6.28. The molecule has 5 N–H and O–H groups in total. The summed E-state index contributed by atoms with van der Waals surface area (Å²) in [5.74, 6) is -1.32. The van der Waals surface area contributed by atoms with Gasteiger partial charge in [-0.05, 0) is 19.8 Å². The molecule has 0 spiro atoms. The van der Waals surface area contributed by atoms with Crippen LogP contribution >= 0.6 is 0 Å². The summed E-state index contributed by atoms with van der Waals surface area (Å²) in [6.45, 7) is 1.46. The van der Waals surface area contributed by atoms with Crippen LogP contribution in [0.4, 0.5) is 4.39 Å². The van der Waals surface area contributed by atoms with Crippen molar-refractivity contribution in [3.8, 4) is 0 Å². The average Bonchev–Trinajstić information content (AvgIpc) is 2.14. The molecule has 0 aliphatic carbocycles. The average molecular weight is 217 g/mol. The van der Waals surface area contributed by atoms with Gasteiger partial charge in [0.2, 0.25) is 0 Å². The van der Waals surface area contributed by atoms with Gasteiger partial charge in [-0.15, -0.1) is 0 Å². The molecule has 0 heterocycles. The second kappa shape index (κ2) is 6.94. The number of allylic oxidation sites excluding steroid dienone is 1. The molecule has 0 aromatic rings. The van der Waals surface area contributed by atoms with Crippen molar-refractivity contribution in [3.63, 3.8) is 0 Å². The SMILES string of the molecule is CC(=N)NC/C(F)=C/CC[C@H](N)C(=O)O. The van der Waals surface area contributed by atoms with E-state index >= 15 is 0 Å². The third-order valence-electron chi connectivity index (χ3n) is 1.68. The molecular formula is C9H16FN3O2. The number of halogens is 1. The van der Waals surface area contributed by atoms with Crippen LogP contribution in [0.5, 0.6) is 0 Å². The van der Waals surface area contributed by atoms with E-state index in [1.807, 2.05) is 0 Å². The van der Waals surface area contributed by atoms with Crippen LogP contribution in [0.3, 0.4) is 0 Å². The van der Waals surface area contributed by atoms with Crippen molar-refractivity contribution < 1.29 is 14.3 Å². The van der Waals surface area contributed by atoms with E-state index in [0.29, 0.717) is 0 Å². The van der Waals surface area contributed by atoms with Gasteiger partial charge in [0, 0.05) is 0 Å². The maximum absolute atomic E-state index is 12.9.